The molecule has 1 heterocycles. The van der Waals surface area contributed by atoms with Gasteiger partial charge in [-0.3, -0.25) is 9.59 Å². The average Bonchev–Trinajstić information content (AvgIpc) is 2.90. The van der Waals surface area contributed by atoms with Crippen LogP contribution in [-0.4, -0.2) is 23.3 Å². The molecule has 4 heteroatoms. The summed E-state index contributed by atoms with van der Waals surface area (Å²) in [6, 6.07) is 3.42. The Morgan fingerprint density at radius 3 is 2.71 bits per heavy atom. The molecule has 0 spiro atoms. The molecule has 1 fully saturated rings. The maximum Gasteiger partial charge on any atom is 0.309 e. The van der Waals surface area contributed by atoms with Crippen LogP contribution in [0.1, 0.15) is 42.6 Å². The van der Waals surface area contributed by atoms with Gasteiger partial charge in [-0.1, -0.05) is 19.3 Å². The van der Waals surface area contributed by atoms with E-state index in [1.54, 1.807) is 18.3 Å². The van der Waals surface area contributed by atoms with Gasteiger partial charge < -0.3 is 9.72 Å². The molecule has 1 aromatic rings. The Kier molecular flexibility index (Phi) is 3.96. The van der Waals surface area contributed by atoms with Gasteiger partial charge in [0.2, 0.25) is 5.78 Å². The van der Waals surface area contributed by atoms with Crippen LogP contribution in [0.4, 0.5) is 0 Å². The molecule has 92 valence electrons. The van der Waals surface area contributed by atoms with Crippen LogP contribution in [0.3, 0.4) is 0 Å². The average molecular weight is 235 g/mol. The summed E-state index contributed by atoms with van der Waals surface area (Å²) in [6.07, 6.45) is 6.85. The molecule has 17 heavy (non-hydrogen) atoms. The smallest absolute Gasteiger partial charge is 0.309 e. The van der Waals surface area contributed by atoms with Gasteiger partial charge in [-0.15, -0.1) is 0 Å². The highest BCUT2D eigenvalue weighted by Gasteiger charge is 2.23. The van der Waals surface area contributed by atoms with Crippen molar-refractivity contribution in [2.24, 2.45) is 5.92 Å². The van der Waals surface area contributed by atoms with Crippen LogP contribution in [0.2, 0.25) is 0 Å². The fourth-order valence-electron chi connectivity index (χ4n) is 2.17. The lowest BCUT2D eigenvalue weighted by molar-refractivity contribution is -0.148. The van der Waals surface area contributed by atoms with Gasteiger partial charge in [0.15, 0.2) is 6.61 Å². The van der Waals surface area contributed by atoms with Crippen LogP contribution in [0.5, 0.6) is 0 Å². The van der Waals surface area contributed by atoms with Crippen molar-refractivity contribution < 1.29 is 14.3 Å². The number of ether oxygens (including phenoxy) is 1. The molecular weight excluding hydrogens is 218 g/mol. The molecule has 1 aliphatic rings. The minimum absolute atomic E-state index is 0.000178. The molecule has 0 bridgehead atoms. The van der Waals surface area contributed by atoms with E-state index in [0.29, 0.717) is 5.69 Å². The van der Waals surface area contributed by atoms with E-state index in [-0.39, 0.29) is 24.3 Å². The summed E-state index contributed by atoms with van der Waals surface area (Å²) in [5, 5.41) is 0. The summed E-state index contributed by atoms with van der Waals surface area (Å²) in [4.78, 5) is 26.1. The van der Waals surface area contributed by atoms with Crippen LogP contribution >= 0.6 is 0 Å². The Balaban J connectivity index is 1.77. The molecule has 4 nitrogen and oxygen atoms in total. The van der Waals surface area contributed by atoms with Gasteiger partial charge in [-0.25, -0.2) is 0 Å². The predicted molar refractivity (Wildman–Crippen MR) is 62.7 cm³/mol. The van der Waals surface area contributed by atoms with Crippen LogP contribution in [0.15, 0.2) is 18.3 Å². The number of carbonyl (C=O) groups excluding carboxylic acids is 2. The highest BCUT2D eigenvalue weighted by molar-refractivity contribution is 5.96. The van der Waals surface area contributed by atoms with E-state index >= 15 is 0 Å². The summed E-state index contributed by atoms with van der Waals surface area (Å²) in [5.74, 6) is -0.399. The van der Waals surface area contributed by atoms with Crippen LogP contribution < -0.4 is 0 Å². The second-order valence-corrected chi connectivity index (χ2v) is 4.45. The third-order valence-electron chi connectivity index (χ3n) is 3.18. The Labute approximate surface area is 100 Å². The Bertz CT molecular complexity index is 377. The minimum atomic E-state index is -0.218. The molecular formula is C13H17NO3. The van der Waals surface area contributed by atoms with Crippen molar-refractivity contribution in [1.82, 2.24) is 4.98 Å². The summed E-state index contributed by atoms with van der Waals surface area (Å²) in [5.41, 5.74) is 0.487. The van der Waals surface area contributed by atoms with Gasteiger partial charge in [0, 0.05) is 6.20 Å². The zero-order chi connectivity index (χ0) is 12.1. The summed E-state index contributed by atoms with van der Waals surface area (Å²) < 4.78 is 5.06. The van der Waals surface area contributed by atoms with Gasteiger partial charge >= 0.3 is 5.97 Å². The van der Waals surface area contributed by atoms with Crippen molar-refractivity contribution in [1.29, 1.82) is 0 Å². The molecule has 2 rings (SSSR count). The molecule has 0 radical (unpaired) electrons. The first-order valence-electron chi connectivity index (χ1n) is 6.10. The standard InChI is InChI=1S/C13H17NO3/c15-12(11-7-4-8-14-11)9-17-13(16)10-5-2-1-3-6-10/h4,7-8,10,14H,1-3,5-6,9H2. The van der Waals surface area contributed by atoms with E-state index in [1.165, 1.54) is 6.42 Å². The van der Waals surface area contributed by atoms with Crippen LogP contribution in [0.25, 0.3) is 0 Å². The lowest BCUT2D eigenvalue weighted by Gasteiger charge is -2.19. The Morgan fingerprint density at radius 1 is 1.29 bits per heavy atom. The van der Waals surface area contributed by atoms with Crippen molar-refractivity contribution in [2.45, 2.75) is 32.1 Å². The number of ketones is 1. The highest BCUT2D eigenvalue weighted by atomic mass is 16.5. The molecule has 1 aliphatic carbocycles. The largest absolute Gasteiger partial charge is 0.457 e. The molecule has 1 N–H and O–H groups in total. The topological polar surface area (TPSA) is 59.2 Å². The Hall–Kier alpha value is -1.58. The van der Waals surface area contributed by atoms with Crippen molar-refractivity contribution in [3.05, 3.63) is 24.0 Å². The van der Waals surface area contributed by atoms with Crippen molar-refractivity contribution in [3.63, 3.8) is 0 Å². The summed E-state index contributed by atoms with van der Waals surface area (Å²) in [7, 11) is 0. The number of rotatable bonds is 4. The van der Waals surface area contributed by atoms with Gasteiger partial charge in [-0.05, 0) is 25.0 Å². The Morgan fingerprint density at radius 2 is 2.06 bits per heavy atom. The summed E-state index contributed by atoms with van der Waals surface area (Å²) >= 11 is 0. The lowest BCUT2D eigenvalue weighted by atomic mass is 9.89. The van der Waals surface area contributed by atoms with E-state index < -0.39 is 0 Å². The molecule has 0 unspecified atom stereocenters. The number of esters is 1. The van der Waals surface area contributed by atoms with Crippen molar-refractivity contribution >= 4 is 11.8 Å². The van der Waals surface area contributed by atoms with Gasteiger partial charge in [0.1, 0.15) is 0 Å². The molecule has 0 aromatic carbocycles. The fourth-order valence-corrected chi connectivity index (χ4v) is 2.17. The summed E-state index contributed by atoms with van der Waals surface area (Å²) in [6.45, 7) is -0.157. The molecule has 1 aromatic heterocycles. The highest BCUT2D eigenvalue weighted by Crippen LogP contribution is 2.24. The number of hydrogen-bond acceptors (Lipinski definition) is 3. The number of aromatic amines is 1. The minimum Gasteiger partial charge on any atom is -0.457 e. The maximum atomic E-state index is 11.7. The number of Topliss-reactive ketones (excluding diaryl/α,β-unsaturated/α-hetero) is 1. The fraction of sp³-hybridized carbons (Fsp3) is 0.538. The second kappa shape index (κ2) is 5.66. The van der Waals surface area contributed by atoms with Gasteiger partial charge in [0.05, 0.1) is 11.6 Å². The molecule has 0 aliphatic heterocycles. The van der Waals surface area contributed by atoms with E-state index in [1.807, 2.05) is 0 Å². The molecule has 0 saturated heterocycles. The number of aromatic nitrogens is 1. The third kappa shape index (κ3) is 3.19. The van der Waals surface area contributed by atoms with Crippen molar-refractivity contribution in [3.8, 4) is 0 Å². The first-order chi connectivity index (χ1) is 8.27. The van der Waals surface area contributed by atoms with E-state index in [4.69, 9.17) is 4.74 Å². The maximum absolute atomic E-state index is 11.7. The molecule has 0 atom stereocenters. The first-order valence-corrected chi connectivity index (χ1v) is 6.10. The second-order valence-electron chi connectivity index (χ2n) is 4.45. The number of hydrogen-bond donors (Lipinski definition) is 1. The predicted octanol–water partition coefficient (Wildman–Crippen LogP) is 2.32. The molecule has 1 saturated carbocycles. The number of nitrogens with one attached hydrogen (secondary N) is 1. The quantitative estimate of drug-likeness (QED) is 0.643. The van der Waals surface area contributed by atoms with E-state index in [0.717, 1.165) is 25.7 Å². The zero-order valence-electron chi connectivity index (χ0n) is 9.78. The van der Waals surface area contributed by atoms with Crippen LogP contribution in [-0.2, 0) is 9.53 Å². The van der Waals surface area contributed by atoms with Crippen molar-refractivity contribution in [2.75, 3.05) is 6.61 Å². The van der Waals surface area contributed by atoms with E-state index in [2.05, 4.69) is 4.98 Å². The zero-order valence-corrected chi connectivity index (χ0v) is 9.78. The van der Waals surface area contributed by atoms with E-state index in [9.17, 15) is 9.59 Å². The van der Waals surface area contributed by atoms with Gasteiger partial charge in [0.25, 0.3) is 0 Å². The number of H-pyrrole nitrogens is 1. The normalized spacial score (nSPS) is 16.7. The lowest BCUT2D eigenvalue weighted by Crippen LogP contribution is -2.23. The SMILES string of the molecule is O=C(COC(=O)C1CCCCC1)c1ccc[nH]1. The van der Waals surface area contributed by atoms with Gasteiger partial charge in [-0.2, -0.15) is 0 Å². The third-order valence-corrected chi connectivity index (χ3v) is 3.18. The monoisotopic (exact) mass is 235 g/mol. The molecule has 0 amide bonds. The van der Waals surface area contributed by atoms with Crippen LogP contribution in [0, 0.1) is 5.92 Å². The number of carbonyl (C=O) groups is 2. The first kappa shape index (κ1) is 11.9.